The molecule has 0 bridgehead atoms. The fourth-order valence-corrected chi connectivity index (χ4v) is 8.36. The van der Waals surface area contributed by atoms with E-state index in [1.165, 1.54) is 70.3 Å². The third-order valence-corrected chi connectivity index (χ3v) is 9.98. The Morgan fingerprint density at radius 2 is 1.94 bits per heavy atom. The Labute approximate surface area is 206 Å². The summed E-state index contributed by atoms with van der Waals surface area (Å²) in [4.78, 5) is 12.6. The number of hydrogen-bond acceptors (Lipinski definition) is 1. The number of hydrogen-bond donors (Lipinski definition) is 1. The van der Waals surface area contributed by atoms with Crippen LogP contribution in [0.3, 0.4) is 0 Å². The molecule has 2 nitrogen and oxygen atoms in total. The molecular weight excluding hydrogens is 392 g/mol. The van der Waals surface area contributed by atoms with Crippen molar-refractivity contribution in [2.45, 2.75) is 78.1 Å². The van der Waals surface area contributed by atoms with Crippen molar-refractivity contribution in [3.05, 3.63) is 41.6 Å². The normalized spacial score (nSPS) is 39.1. The minimum atomic E-state index is -0.427. The van der Waals surface area contributed by atoms with Gasteiger partial charge in [0.15, 0.2) is 0 Å². The van der Waals surface area contributed by atoms with Gasteiger partial charge in [0.1, 0.15) is 5.82 Å². The molecule has 0 aromatic heterocycles. The second-order valence-electron chi connectivity index (χ2n) is 11.5. The average Bonchev–Trinajstić information content (AvgIpc) is 2.77. The summed E-state index contributed by atoms with van der Waals surface area (Å²) in [6.07, 6.45) is 13.5. The molecule has 0 heterocycles. The van der Waals surface area contributed by atoms with Gasteiger partial charge in [0.2, 0.25) is 0 Å². The van der Waals surface area contributed by atoms with Gasteiger partial charge < -0.3 is 11.2 Å². The monoisotopic (exact) mass is 431 g/mol. The van der Waals surface area contributed by atoms with E-state index < -0.39 is 5.82 Å². The first-order chi connectivity index (χ1) is 15.0. The molecule has 7 atom stereocenters. The van der Waals surface area contributed by atoms with Crippen molar-refractivity contribution in [3.8, 4) is 0 Å². The largest absolute Gasteiger partial charge is 1.00 e. The molecule has 4 saturated carbocycles. The molecule has 170 valence electrons. The van der Waals surface area contributed by atoms with Crippen LogP contribution in [0.5, 0.6) is 0 Å². The van der Waals surface area contributed by atoms with Crippen LogP contribution in [0.4, 0.5) is 4.39 Å². The number of rotatable bonds is 3. The van der Waals surface area contributed by atoms with Crippen LogP contribution in [0.15, 0.2) is 24.3 Å². The van der Waals surface area contributed by atoms with Crippen LogP contribution in [0.2, 0.25) is 0 Å². The first kappa shape index (κ1) is 24.3. The zero-order valence-electron chi connectivity index (χ0n) is 20.3. The molecule has 0 aliphatic heterocycles. The smallest absolute Gasteiger partial charge is 0.352 e. The number of fused-ring (bicyclic) bond motifs is 5. The average molecular weight is 432 g/mol. The maximum absolute atomic E-state index is 14.0. The van der Waals surface area contributed by atoms with E-state index in [1.54, 1.807) is 18.2 Å². The fraction of sp³-hybridized carbons (Fsp3) is 0.714. The van der Waals surface area contributed by atoms with Crippen molar-refractivity contribution in [1.29, 1.82) is 0 Å². The van der Waals surface area contributed by atoms with E-state index in [2.05, 4.69) is 19.2 Å². The van der Waals surface area contributed by atoms with E-state index in [0.29, 0.717) is 17.9 Å². The first-order valence-electron chi connectivity index (χ1n) is 12.8. The topological polar surface area (TPSA) is 29.1 Å². The first-order valence-corrected chi connectivity index (χ1v) is 12.8. The van der Waals surface area contributed by atoms with Gasteiger partial charge in [-0.2, -0.15) is 18.8 Å². The zero-order chi connectivity index (χ0) is 21.6. The van der Waals surface area contributed by atoms with Crippen LogP contribution in [0.1, 0.15) is 88.4 Å². The van der Waals surface area contributed by atoms with E-state index in [9.17, 15) is 9.18 Å². The standard InChI is InChI=1S/C28H39FNO.Li/c1-18-10-12-21-19(16-18)11-13-23-22(21)14-15-28(2)20(6-5-8-25(23)28)17-30-27(31)24-7-3-4-9-26(24)29;/h3-4,7,9,18,20-23,25H,5-6,8,10-17H2,1-2H3,(H,30,31);/q-1;+1/t18-,20+,21-,22?,23+,25?,28+;/m0./s1. The van der Waals surface area contributed by atoms with Crippen LogP contribution < -0.4 is 24.2 Å². The second kappa shape index (κ2) is 9.83. The molecule has 4 fully saturated rings. The summed E-state index contributed by atoms with van der Waals surface area (Å²) >= 11 is 0. The molecule has 0 spiro atoms. The summed E-state index contributed by atoms with van der Waals surface area (Å²) in [6.45, 7) is 5.65. The Kier molecular flexibility index (Phi) is 7.48. The van der Waals surface area contributed by atoms with Crippen molar-refractivity contribution in [2.75, 3.05) is 6.54 Å². The zero-order valence-corrected chi connectivity index (χ0v) is 20.3. The predicted molar refractivity (Wildman–Crippen MR) is 123 cm³/mol. The molecule has 2 unspecified atom stereocenters. The van der Waals surface area contributed by atoms with Gasteiger partial charge in [-0.15, -0.1) is 0 Å². The van der Waals surface area contributed by atoms with Crippen molar-refractivity contribution in [2.24, 2.45) is 40.9 Å². The third kappa shape index (κ3) is 4.34. The molecule has 5 rings (SSSR count). The van der Waals surface area contributed by atoms with Gasteiger partial charge in [-0.05, 0) is 54.6 Å². The molecule has 4 heteroatoms. The Balaban J connectivity index is 0.00000245. The van der Waals surface area contributed by atoms with Crippen LogP contribution >= 0.6 is 0 Å². The summed E-state index contributed by atoms with van der Waals surface area (Å²) in [5.41, 5.74) is 0.493. The van der Waals surface area contributed by atoms with Gasteiger partial charge in [0, 0.05) is 6.54 Å². The Hall–Kier alpha value is -0.783. The minimum absolute atomic E-state index is 0. The van der Waals surface area contributed by atoms with Gasteiger partial charge in [-0.1, -0.05) is 69.9 Å². The maximum Gasteiger partial charge on any atom is 1.00 e. The van der Waals surface area contributed by atoms with Crippen LogP contribution in [-0.2, 0) is 0 Å². The molecular formula is C28H39FLiNO. The summed E-state index contributed by atoms with van der Waals surface area (Å²) in [7, 11) is 0. The summed E-state index contributed by atoms with van der Waals surface area (Å²) in [6, 6.07) is 6.33. The molecule has 0 saturated heterocycles. The van der Waals surface area contributed by atoms with Gasteiger partial charge in [-0.3, -0.25) is 4.79 Å². The second-order valence-corrected chi connectivity index (χ2v) is 11.5. The molecule has 1 aromatic rings. The summed E-state index contributed by atoms with van der Waals surface area (Å²) < 4.78 is 14.0. The predicted octanol–water partition coefficient (Wildman–Crippen LogP) is 3.81. The Bertz CT molecular complexity index is 814. The van der Waals surface area contributed by atoms with E-state index in [1.807, 2.05) is 5.92 Å². The fourth-order valence-electron chi connectivity index (χ4n) is 8.36. The molecule has 1 N–H and O–H groups in total. The molecule has 4 aliphatic carbocycles. The van der Waals surface area contributed by atoms with Crippen LogP contribution in [-0.4, -0.2) is 12.5 Å². The van der Waals surface area contributed by atoms with Crippen molar-refractivity contribution >= 4 is 5.91 Å². The Morgan fingerprint density at radius 1 is 1.12 bits per heavy atom. The van der Waals surface area contributed by atoms with Crippen molar-refractivity contribution in [3.63, 3.8) is 0 Å². The molecule has 1 aromatic carbocycles. The quantitative estimate of drug-likeness (QED) is 0.572. The van der Waals surface area contributed by atoms with Gasteiger partial charge >= 0.3 is 18.9 Å². The number of nitrogens with one attached hydrogen (secondary N) is 1. The van der Waals surface area contributed by atoms with Crippen molar-refractivity contribution in [1.82, 2.24) is 5.32 Å². The van der Waals surface area contributed by atoms with Crippen LogP contribution in [0.25, 0.3) is 0 Å². The maximum atomic E-state index is 14.0. The van der Waals surface area contributed by atoms with Gasteiger partial charge in [-0.25, -0.2) is 4.39 Å². The number of carbonyl (C=O) groups excluding carboxylic acids is 1. The number of benzene rings is 1. The van der Waals surface area contributed by atoms with E-state index in [0.717, 1.165) is 29.6 Å². The summed E-state index contributed by atoms with van der Waals surface area (Å²) in [5.74, 6) is 6.14. The van der Waals surface area contributed by atoms with E-state index >= 15 is 0 Å². The molecule has 4 aliphatic rings. The Morgan fingerprint density at radius 3 is 2.75 bits per heavy atom. The van der Waals surface area contributed by atoms with E-state index in [4.69, 9.17) is 0 Å². The van der Waals surface area contributed by atoms with Gasteiger partial charge in [0.05, 0.1) is 5.56 Å². The summed E-state index contributed by atoms with van der Waals surface area (Å²) in [5, 5.41) is 3.11. The SMILES string of the molecule is C[C@H]1CC[C@H]2[C-](CC[C@@H]3C2CC[C@@]2(C)C3CCC[C@@H]2CNC(=O)c2ccccc2F)C1.[Li+]. The molecule has 1 amide bonds. The van der Waals surface area contributed by atoms with Crippen LogP contribution in [0, 0.1) is 52.7 Å². The molecule has 0 radical (unpaired) electrons. The number of carbonyl (C=O) groups is 1. The molecule has 32 heavy (non-hydrogen) atoms. The number of amides is 1. The van der Waals surface area contributed by atoms with Crippen molar-refractivity contribution < 1.29 is 28.0 Å². The minimum Gasteiger partial charge on any atom is -0.352 e. The van der Waals surface area contributed by atoms with E-state index in [-0.39, 0.29) is 30.3 Å². The number of halogens is 1. The van der Waals surface area contributed by atoms with Gasteiger partial charge in [0.25, 0.3) is 5.91 Å². The third-order valence-electron chi connectivity index (χ3n) is 9.98.